The van der Waals surface area contributed by atoms with Gasteiger partial charge in [0.25, 0.3) is 5.91 Å². The molecule has 0 radical (unpaired) electrons. The van der Waals surface area contributed by atoms with Crippen molar-refractivity contribution in [2.45, 2.75) is 0 Å². The van der Waals surface area contributed by atoms with E-state index in [9.17, 15) is 4.79 Å². The fourth-order valence-corrected chi connectivity index (χ4v) is 2.53. The summed E-state index contributed by atoms with van der Waals surface area (Å²) in [5, 5.41) is 11.1. The third-order valence-corrected chi connectivity index (χ3v) is 3.60. The highest BCUT2D eigenvalue weighted by atomic mass is 35.5. The topological polar surface area (TPSA) is 70.7 Å². The Balaban J connectivity index is 1.85. The van der Waals surface area contributed by atoms with Crippen molar-refractivity contribution in [1.29, 1.82) is 0 Å². The van der Waals surface area contributed by atoms with E-state index < -0.39 is 0 Å². The first kappa shape index (κ1) is 12.1. The van der Waals surface area contributed by atoms with Crippen LogP contribution in [0.2, 0.25) is 5.15 Å². The standard InChI is InChI=1S/C15H9ClN4O/c16-13-4-3-11-14(19-13)10(15(21)18-11)5-8-1-2-9-7-17-20-12(9)6-8/h1-7H,(H,17,20)(H,18,21)/b10-5-. The van der Waals surface area contributed by atoms with Crippen LogP contribution < -0.4 is 5.32 Å². The van der Waals surface area contributed by atoms with Gasteiger partial charge in [0.1, 0.15) is 10.8 Å². The number of aromatic amines is 1. The minimum atomic E-state index is -0.176. The van der Waals surface area contributed by atoms with Gasteiger partial charge in [0, 0.05) is 5.39 Å². The number of H-pyrrole nitrogens is 1. The Morgan fingerprint density at radius 2 is 2.10 bits per heavy atom. The largest absolute Gasteiger partial charge is 0.320 e. The van der Waals surface area contributed by atoms with Gasteiger partial charge in [-0.2, -0.15) is 5.10 Å². The predicted octanol–water partition coefficient (Wildman–Crippen LogP) is 3.10. The number of pyridine rings is 1. The molecule has 0 saturated heterocycles. The van der Waals surface area contributed by atoms with Crippen LogP contribution in [0.1, 0.15) is 11.3 Å². The predicted molar refractivity (Wildman–Crippen MR) is 81.8 cm³/mol. The number of rotatable bonds is 1. The van der Waals surface area contributed by atoms with Crippen LogP contribution in [0.5, 0.6) is 0 Å². The van der Waals surface area contributed by atoms with Gasteiger partial charge in [0.2, 0.25) is 0 Å². The second kappa shape index (κ2) is 4.43. The molecule has 0 aliphatic carbocycles. The first-order valence-corrected chi connectivity index (χ1v) is 6.71. The maximum Gasteiger partial charge on any atom is 0.258 e. The quantitative estimate of drug-likeness (QED) is 0.535. The molecule has 0 unspecified atom stereocenters. The van der Waals surface area contributed by atoms with Crippen molar-refractivity contribution in [2.75, 3.05) is 5.32 Å². The maximum absolute atomic E-state index is 12.1. The van der Waals surface area contributed by atoms with Crippen LogP contribution in [0.4, 0.5) is 5.69 Å². The number of hydrogen-bond donors (Lipinski definition) is 2. The monoisotopic (exact) mass is 296 g/mol. The van der Waals surface area contributed by atoms with Gasteiger partial charge in [-0.3, -0.25) is 9.89 Å². The van der Waals surface area contributed by atoms with Crippen LogP contribution in [0, 0.1) is 0 Å². The van der Waals surface area contributed by atoms with Crippen LogP contribution >= 0.6 is 11.6 Å². The van der Waals surface area contributed by atoms with E-state index >= 15 is 0 Å². The molecule has 1 aromatic carbocycles. The van der Waals surface area contributed by atoms with E-state index in [1.165, 1.54) is 0 Å². The number of carbonyl (C=O) groups is 1. The summed E-state index contributed by atoms with van der Waals surface area (Å²) in [6.07, 6.45) is 3.55. The van der Waals surface area contributed by atoms with Gasteiger partial charge in [-0.25, -0.2) is 4.98 Å². The van der Waals surface area contributed by atoms with Gasteiger partial charge in [-0.15, -0.1) is 0 Å². The lowest BCUT2D eigenvalue weighted by molar-refractivity contribution is -0.110. The van der Waals surface area contributed by atoms with Crippen molar-refractivity contribution in [3.8, 4) is 0 Å². The van der Waals surface area contributed by atoms with Crippen molar-refractivity contribution >= 4 is 45.7 Å². The number of fused-ring (bicyclic) bond motifs is 2. The van der Waals surface area contributed by atoms with Crippen LogP contribution in [-0.2, 0) is 4.79 Å². The van der Waals surface area contributed by atoms with E-state index in [1.807, 2.05) is 18.2 Å². The summed E-state index contributed by atoms with van der Waals surface area (Å²) >= 11 is 5.91. The SMILES string of the molecule is O=C1Nc2ccc(Cl)nc2/C1=C/c1ccc2cn[nH]c2c1. The second-order valence-electron chi connectivity index (χ2n) is 4.76. The van der Waals surface area contributed by atoms with Crippen molar-refractivity contribution in [3.63, 3.8) is 0 Å². The summed E-state index contributed by atoms with van der Waals surface area (Å²) in [4.78, 5) is 16.3. The molecular weight excluding hydrogens is 288 g/mol. The molecule has 1 aliphatic rings. The number of amides is 1. The van der Waals surface area contributed by atoms with E-state index in [-0.39, 0.29) is 5.91 Å². The smallest absolute Gasteiger partial charge is 0.258 e. The summed E-state index contributed by atoms with van der Waals surface area (Å²) in [7, 11) is 0. The minimum absolute atomic E-state index is 0.176. The molecule has 1 aliphatic heterocycles. The zero-order valence-corrected chi connectivity index (χ0v) is 11.5. The molecule has 1 amide bonds. The van der Waals surface area contributed by atoms with E-state index in [0.29, 0.717) is 22.1 Å². The average Bonchev–Trinajstić information content (AvgIpc) is 3.04. The Morgan fingerprint density at radius 1 is 1.19 bits per heavy atom. The Morgan fingerprint density at radius 3 is 3.00 bits per heavy atom. The lowest BCUT2D eigenvalue weighted by Gasteiger charge is -1.99. The normalized spacial score (nSPS) is 15.5. The van der Waals surface area contributed by atoms with Crippen molar-refractivity contribution < 1.29 is 4.79 Å². The first-order chi connectivity index (χ1) is 10.2. The molecular formula is C15H9ClN4O. The highest BCUT2D eigenvalue weighted by molar-refractivity contribution is 6.35. The summed E-state index contributed by atoms with van der Waals surface area (Å²) in [5.74, 6) is -0.176. The summed E-state index contributed by atoms with van der Waals surface area (Å²) < 4.78 is 0. The van der Waals surface area contributed by atoms with Crippen LogP contribution in [0.25, 0.3) is 22.6 Å². The third kappa shape index (κ3) is 1.98. The highest BCUT2D eigenvalue weighted by Gasteiger charge is 2.25. The number of benzene rings is 1. The van der Waals surface area contributed by atoms with Crippen molar-refractivity contribution in [1.82, 2.24) is 15.2 Å². The molecule has 2 N–H and O–H groups in total. The molecule has 21 heavy (non-hydrogen) atoms. The van der Waals surface area contributed by atoms with E-state index in [0.717, 1.165) is 16.5 Å². The molecule has 3 heterocycles. The van der Waals surface area contributed by atoms with Crippen LogP contribution in [-0.4, -0.2) is 21.1 Å². The fraction of sp³-hybridized carbons (Fsp3) is 0. The Kier molecular flexibility index (Phi) is 2.55. The molecule has 2 aromatic heterocycles. The number of carbonyl (C=O) groups excluding carboxylic acids is 1. The number of halogens is 1. The zero-order valence-electron chi connectivity index (χ0n) is 10.7. The van der Waals surface area contributed by atoms with E-state index in [1.54, 1.807) is 24.4 Å². The molecule has 0 atom stereocenters. The van der Waals surface area contributed by atoms with E-state index in [2.05, 4.69) is 20.5 Å². The van der Waals surface area contributed by atoms with Crippen molar-refractivity contribution in [2.24, 2.45) is 0 Å². The summed E-state index contributed by atoms with van der Waals surface area (Å²) in [5.41, 5.74) is 3.58. The Hall–Kier alpha value is -2.66. The number of aromatic nitrogens is 3. The molecule has 5 nitrogen and oxygen atoms in total. The molecule has 6 heteroatoms. The van der Waals surface area contributed by atoms with Gasteiger partial charge in [-0.05, 0) is 29.8 Å². The lowest BCUT2D eigenvalue weighted by Crippen LogP contribution is -2.03. The van der Waals surface area contributed by atoms with Crippen LogP contribution in [0.3, 0.4) is 0 Å². The fourth-order valence-electron chi connectivity index (χ4n) is 2.38. The van der Waals surface area contributed by atoms with Crippen molar-refractivity contribution in [3.05, 3.63) is 52.9 Å². The summed E-state index contributed by atoms with van der Waals surface area (Å²) in [6, 6.07) is 9.22. The van der Waals surface area contributed by atoms with Gasteiger partial charge in [0.05, 0.1) is 23.0 Å². The second-order valence-corrected chi connectivity index (χ2v) is 5.15. The highest BCUT2D eigenvalue weighted by Crippen LogP contribution is 2.32. The number of anilines is 1. The third-order valence-electron chi connectivity index (χ3n) is 3.39. The van der Waals surface area contributed by atoms with E-state index in [4.69, 9.17) is 11.6 Å². The molecule has 102 valence electrons. The number of nitrogens with zero attached hydrogens (tertiary/aromatic N) is 2. The van der Waals surface area contributed by atoms with Gasteiger partial charge in [0.15, 0.2) is 0 Å². The molecule has 4 rings (SSSR count). The van der Waals surface area contributed by atoms with Gasteiger partial charge >= 0.3 is 0 Å². The molecule has 0 spiro atoms. The lowest BCUT2D eigenvalue weighted by atomic mass is 10.1. The Labute approximate surface area is 124 Å². The molecule has 0 bridgehead atoms. The molecule has 0 saturated carbocycles. The van der Waals surface area contributed by atoms with Gasteiger partial charge in [-0.1, -0.05) is 23.7 Å². The Bertz CT molecular complexity index is 913. The number of hydrogen-bond acceptors (Lipinski definition) is 3. The maximum atomic E-state index is 12.1. The number of nitrogens with one attached hydrogen (secondary N) is 2. The molecule has 3 aromatic rings. The van der Waals surface area contributed by atoms with Gasteiger partial charge < -0.3 is 5.32 Å². The molecule has 0 fully saturated rings. The summed E-state index contributed by atoms with van der Waals surface area (Å²) in [6.45, 7) is 0. The first-order valence-electron chi connectivity index (χ1n) is 6.34. The average molecular weight is 297 g/mol. The minimum Gasteiger partial charge on any atom is -0.320 e. The zero-order chi connectivity index (χ0) is 14.4. The van der Waals surface area contributed by atoms with Crippen LogP contribution in [0.15, 0.2) is 36.5 Å².